The summed E-state index contributed by atoms with van der Waals surface area (Å²) in [6.07, 6.45) is 0.375. The van der Waals surface area contributed by atoms with E-state index >= 15 is 0 Å². The largest absolute Gasteiger partial charge is 0.383 e. The van der Waals surface area contributed by atoms with Crippen LogP contribution in [-0.2, 0) is 27.4 Å². The molecule has 0 fully saturated rings. The van der Waals surface area contributed by atoms with E-state index in [4.69, 9.17) is 4.74 Å². The maximum atomic E-state index is 13.0. The molecule has 6 heteroatoms. The van der Waals surface area contributed by atoms with E-state index in [1.807, 2.05) is 42.2 Å². The number of amides is 2. The molecule has 146 valence electrons. The van der Waals surface area contributed by atoms with Crippen molar-refractivity contribution < 1.29 is 14.3 Å². The summed E-state index contributed by atoms with van der Waals surface area (Å²) in [5.74, 6) is -0.0881. The van der Waals surface area contributed by atoms with Crippen molar-refractivity contribution in [2.75, 3.05) is 26.8 Å². The van der Waals surface area contributed by atoms with E-state index in [9.17, 15) is 9.59 Å². The molecule has 2 amide bonds. The average molecular weight is 389 g/mol. The van der Waals surface area contributed by atoms with Crippen LogP contribution < -0.4 is 0 Å². The van der Waals surface area contributed by atoms with Crippen LogP contribution in [0.4, 0.5) is 0 Å². The molecule has 0 bridgehead atoms. The molecule has 0 saturated heterocycles. The van der Waals surface area contributed by atoms with Crippen LogP contribution in [0.5, 0.6) is 0 Å². The summed E-state index contributed by atoms with van der Waals surface area (Å²) >= 11 is 1.69. The Morgan fingerprint density at radius 3 is 2.33 bits per heavy atom. The fourth-order valence-electron chi connectivity index (χ4n) is 2.77. The highest BCUT2D eigenvalue weighted by Gasteiger charge is 2.21. The first-order chi connectivity index (χ1) is 13.0. The van der Waals surface area contributed by atoms with Crippen molar-refractivity contribution in [1.82, 2.24) is 9.80 Å². The first kappa shape index (κ1) is 21.1. The molecule has 0 aliphatic carbocycles. The van der Waals surface area contributed by atoms with Crippen molar-refractivity contribution in [3.63, 3.8) is 0 Å². The summed E-state index contributed by atoms with van der Waals surface area (Å²) in [5.41, 5.74) is 1.07. The molecule has 2 aromatic rings. The topological polar surface area (TPSA) is 49.9 Å². The number of methoxy groups -OCH3 is 1. The fourth-order valence-corrected chi connectivity index (χ4v) is 3.68. The zero-order valence-corrected chi connectivity index (χ0v) is 17.1. The molecule has 1 aromatic carbocycles. The third-order valence-electron chi connectivity index (χ3n) is 4.26. The van der Waals surface area contributed by atoms with Crippen LogP contribution in [0, 0.1) is 6.92 Å². The molecule has 1 heterocycles. The van der Waals surface area contributed by atoms with Crippen LogP contribution in [0.3, 0.4) is 0 Å². The maximum Gasteiger partial charge on any atom is 0.242 e. The summed E-state index contributed by atoms with van der Waals surface area (Å²) < 4.78 is 5.09. The number of hydrogen-bond acceptors (Lipinski definition) is 4. The molecule has 0 aliphatic rings. The lowest BCUT2D eigenvalue weighted by atomic mass is 10.2. The van der Waals surface area contributed by atoms with Gasteiger partial charge in [0.1, 0.15) is 0 Å². The van der Waals surface area contributed by atoms with Crippen molar-refractivity contribution in [3.8, 4) is 0 Å². The van der Waals surface area contributed by atoms with Gasteiger partial charge in [0.25, 0.3) is 0 Å². The van der Waals surface area contributed by atoms with Crippen LogP contribution in [0.1, 0.15) is 28.7 Å². The molecule has 0 unspecified atom stereocenters. The monoisotopic (exact) mass is 388 g/mol. The van der Waals surface area contributed by atoms with Gasteiger partial charge in [-0.1, -0.05) is 37.3 Å². The van der Waals surface area contributed by atoms with Gasteiger partial charge in [0.2, 0.25) is 11.8 Å². The number of carbonyl (C=O) groups excluding carboxylic acids is 2. The van der Waals surface area contributed by atoms with Gasteiger partial charge >= 0.3 is 0 Å². The van der Waals surface area contributed by atoms with Gasteiger partial charge in [0.15, 0.2) is 0 Å². The lowest BCUT2D eigenvalue weighted by molar-refractivity contribution is -0.141. The summed E-state index contributed by atoms with van der Waals surface area (Å²) in [4.78, 5) is 31.0. The van der Waals surface area contributed by atoms with E-state index < -0.39 is 0 Å². The normalized spacial score (nSPS) is 10.6. The zero-order valence-electron chi connectivity index (χ0n) is 16.3. The van der Waals surface area contributed by atoms with E-state index in [2.05, 4.69) is 19.1 Å². The lowest BCUT2D eigenvalue weighted by Crippen LogP contribution is -2.43. The number of nitrogens with zero attached hydrogens (tertiary/aromatic N) is 2. The van der Waals surface area contributed by atoms with Crippen molar-refractivity contribution in [3.05, 3.63) is 57.8 Å². The van der Waals surface area contributed by atoms with Crippen molar-refractivity contribution in [2.24, 2.45) is 0 Å². The third kappa shape index (κ3) is 6.81. The first-order valence-electron chi connectivity index (χ1n) is 9.17. The smallest absolute Gasteiger partial charge is 0.242 e. The number of ether oxygens (including phenoxy) is 1. The second-order valence-electron chi connectivity index (χ2n) is 6.41. The van der Waals surface area contributed by atoms with E-state index in [1.165, 1.54) is 4.88 Å². The number of thiophene rings is 1. The molecule has 5 nitrogen and oxygen atoms in total. The molecule has 0 aliphatic heterocycles. The van der Waals surface area contributed by atoms with Crippen molar-refractivity contribution >= 4 is 23.2 Å². The minimum Gasteiger partial charge on any atom is -0.383 e. The Kier molecular flexibility index (Phi) is 8.48. The Balaban J connectivity index is 2.14. The highest BCUT2D eigenvalue weighted by molar-refractivity contribution is 7.11. The predicted octanol–water partition coefficient (Wildman–Crippen LogP) is 3.47. The fraction of sp³-hybridized carbons (Fsp3) is 0.429. The number of hydrogen-bond donors (Lipinski definition) is 0. The van der Waals surface area contributed by atoms with Crippen LogP contribution in [0.25, 0.3) is 0 Å². The zero-order chi connectivity index (χ0) is 19.6. The standard InChI is InChI=1S/C21H28N2O3S/c1-4-20(24)22(12-13-26-3)16-21(25)23(14-18-8-6-5-7-9-18)15-19-11-10-17(2)27-19/h5-11H,4,12-16H2,1-3H3. The lowest BCUT2D eigenvalue weighted by Gasteiger charge is -2.27. The van der Waals surface area contributed by atoms with E-state index in [1.54, 1.807) is 23.3 Å². The van der Waals surface area contributed by atoms with Crippen molar-refractivity contribution in [1.29, 1.82) is 0 Å². The van der Waals surface area contributed by atoms with Crippen molar-refractivity contribution in [2.45, 2.75) is 33.4 Å². The Bertz CT molecular complexity index is 730. The molecule has 0 N–H and O–H groups in total. The Morgan fingerprint density at radius 2 is 1.74 bits per heavy atom. The molecule has 0 radical (unpaired) electrons. The van der Waals surface area contributed by atoms with E-state index in [-0.39, 0.29) is 18.4 Å². The molecule has 2 rings (SSSR count). The quantitative estimate of drug-likeness (QED) is 0.626. The number of aryl methyl sites for hydroxylation is 1. The minimum absolute atomic E-state index is 0.0352. The second-order valence-corrected chi connectivity index (χ2v) is 7.78. The van der Waals surface area contributed by atoms with Gasteiger partial charge < -0.3 is 14.5 Å². The number of carbonyl (C=O) groups is 2. The Morgan fingerprint density at radius 1 is 1.00 bits per heavy atom. The summed E-state index contributed by atoms with van der Waals surface area (Å²) in [6, 6.07) is 14.1. The second kappa shape index (κ2) is 10.8. The predicted molar refractivity (Wildman–Crippen MR) is 108 cm³/mol. The molecular formula is C21H28N2O3S. The third-order valence-corrected chi connectivity index (χ3v) is 5.24. The molecule has 0 atom stereocenters. The van der Waals surface area contributed by atoms with E-state index in [0.29, 0.717) is 32.7 Å². The molecule has 0 spiro atoms. The van der Waals surface area contributed by atoms with Gasteiger partial charge in [0.05, 0.1) is 19.7 Å². The van der Waals surface area contributed by atoms with Gasteiger partial charge in [-0.25, -0.2) is 0 Å². The highest BCUT2D eigenvalue weighted by Crippen LogP contribution is 2.19. The summed E-state index contributed by atoms with van der Waals surface area (Å²) in [6.45, 7) is 5.85. The molecule has 27 heavy (non-hydrogen) atoms. The van der Waals surface area contributed by atoms with Gasteiger partial charge in [-0.3, -0.25) is 9.59 Å². The molecule has 1 aromatic heterocycles. The Hall–Kier alpha value is -2.18. The first-order valence-corrected chi connectivity index (χ1v) is 9.98. The SMILES string of the molecule is CCC(=O)N(CCOC)CC(=O)N(Cc1ccccc1)Cc1ccc(C)s1. The van der Waals surface area contributed by atoms with Crippen LogP contribution in [0.2, 0.25) is 0 Å². The summed E-state index contributed by atoms with van der Waals surface area (Å²) in [7, 11) is 1.59. The Labute approximate surface area is 165 Å². The van der Waals surface area contributed by atoms with Gasteiger partial charge in [0, 0.05) is 36.4 Å². The van der Waals surface area contributed by atoms with Crippen LogP contribution >= 0.6 is 11.3 Å². The van der Waals surface area contributed by atoms with Gasteiger partial charge in [-0.05, 0) is 24.6 Å². The van der Waals surface area contributed by atoms with Crippen LogP contribution in [-0.4, -0.2) is 48.4 Å². The minimum atomic E-state index is -0.0530. The maximum absolute atomic E-state index is 13.0. The van der Waals surface area contributed by atoms with Gasteiger partial charge in [-0.2, -0.15) is 0 Å². The summed E-state index contributed by atoms with van der Waals surface area (Å²) in [5, 5.41) is 0. The average Bonchev–Trinajstić information content (AvgIpc) is 3.09. The highest BCUT2D eigenvalue weighted by atomic mass is 32.1. The molecular weight excluding hydrogens is 360 g/mol. The van der Waals surface area contributed by atoms with Gasteiger partial charge in [-0.15, -0.1) is 11.3 Å². The number of rotatable bonds is 10. The van der Waals surface area contributed by atoms with E-state index in [0.717, 1.165) is 10.4 Å². The van der Waals surface area contributed by atoms with Crippen LogP contribution in [0.15, 0.2) is 42.5 Å². The molecule has 0 saturated carbocycles. The number of benzene rings is 1.